The molecule has 2 fully saturated rings. The van der Waals surface area contributed by atoms with E-state index in [0.717, 1.165) is 17.7 Å². The molecule has 4 heteroatoms. The van der Waals surface area contributed by atoms with Crippen molar-refractivity contribution in [3.8, 4) is 5.75 Å². The van der Waals surface area contributed by atoms with Gasteiger partial charge in [-0.1, -0.05) is 43.7 Å². The molecule has 166 valence electrons. The Morgan fingerprint density at radius 2 is 1.91 bits per heavy atom. The third kappa shape index (κ3) is 3.02. The topological polar surface area (TPSA) is 55.4 Å². The highest BCUT2D eigenvalue weighted by Gasteiger charge is 2.58. The predicted octanol–water partition coefficient (Wildman–Crippen LogP) is 4.27. The quantitative estimate of drug-likeness (QED) is 0.536. The lowest BCUT2D eigenvalue weighted by Gasteiger charge is -2.38. The van der Waals surface area contributed by atoms with E-state index in [9.17, 15) is 9.59 Å². The highest BCUT2D eigenvalue weighted by Crippen LogP contribution is 2.57. The molecule has 3 heterocycles. The van der Waals surface area contributed by atoms with Crippen molar-refractivity contribution in [3.63, 3.8) is 0 Å². The van der Waals surface area contributed by atoms with Crippen LogP contribution in [0.5, 0.6) is 5.75 Å². The summed E-state index contributed by atoms with van der Waals surface area (Å²) in [4.78, 5) is 26.8. The van der Waals surface area contributed by atoms with Gasteiger partial charge in [-0.05, 0) is 66.7 Å². The number of ether oxygens (including phenoxy) is 1. The van der Waals surface area contributed by atoms with Crippen LogP contribution in [0.25, 0.3) is 0 Å². The summed E-state index contributed by atoms with van der Waals surface area (Å²) in [5, 5.41) is 3.02. The maximum absolute atomic E-state index is 14.0. The average molecular weight is 430 g/mol. The van der Waals surface area contributed by atoms with E-state index < -0.39 is 0 Å². The number of allylic oxidation sites excluding steroid dienone is 3. The summed E-state index contributed by atoms with van der Waals surface area (Å²) in [7, 11) is 0. The van der Waals surface area contributed by atoms with Crippen molar-refractivity contribution >= 4 is 11.7 Å². The van der Waals surface area contributed by atoms with Gasteiger partial charge in [0.25, 0.3) is 5.91 Å². The number of hydrogen-bond donors (Lipinski definition) is 1. The molecule has 3 aliphatic carbocycles. The zero-order chi connectivity index (χ0) is 22.0. The van der Waals surface area contributed by atoms with E-state index in [1.54, 1.807) is 0 Å². The van der Waals surface area contributed by atoms with Gasteiger partial charge in [-0.25, -0.2) is 0 Å². The van der Waals surface area contributed by atoms with Crippen molar-refractivity contribution in [1.82, 2.24) is 5.32 Å². The fourth-order valence-electron chi connectivity index (χ4n) is 7.34. The van der Waals surface area contributed by atoms with Crippen molar-refractivity contribution in [1.29, 1.82) is 0 Å². The van der Waals surface area contributed by atoms with Crippen molar-refractivity contribution in [2.75, 3.05) is 0 Å². The number of amides is 1. The van der Waals surface area contributed by atoms with Crippen molar-refractivity contribution < 1.29 is 14.3 Å². The van der Waals surface area contributed by atoms with Gasteiger partial charge >= 0.3 is 0 Å². The molecular formula is C28H31NO3. The number of benzene rings is 1. The van der Waals surface area contributed by atoms with E-state index in [-0.39, 0.29) is 41.6 Å². The zero-order valence-corrected chi connectivity index (χ0v) is 18.6. The molecule has 1 aromatic carbocycles. The molecule has 0 saturated heterocycles. The molecule has 4 nitrogen and oxygen atoms in total. The Labute approximate surface area is 189 Å². The number of Topliss-reactive ketones (excluding diaryl/α,β-unsaturated/α-hetero) is 1. The maximum Gasteiger partial charge on any atom is 0.255 e. The summed E-state index contributed by atoms with van der Waals surface area (Å²) in [5.41, 5.74) is 1.46. The molecule has 1 amide bonds. The molecule has 6 aliphatic rings. The highest BCUT2D eigenvalue weighted by molar-refractivity contribution is 6.21. The minimum atomic E-state index is -0.302. The van der Waals surface area contributed by atoms with Gasteiger partial charge in [0.1, 0.15) is 11.9 Å². The Kier molecular flexibility index (Phi) is 4.67. The van der Waals surface area contributed by atoms with Crippen LogP contribution in [0.1, 0.15) is 31.7 Å². The van der Waals surface area contributed by atoms with E-state index in [1.807, 2.05) is 12.2 Å². The molecular weight excluding hydrogens is 398 g/mol. The largest absolute Gasteiger partial charge is 0.490 e. The fraction of sp³-hybridized carbons (Fsp3) is 0.500. The Bertz CT molecular complexity index is 1020. The monoisotopic (exact) mass is 429 g/mol. The number of rotatable bonds is 1. The number of nitrogens with one attached hydrogen (secondary N) is 1. The van der Waals surface area contributed by atoms with Crippen LogP contribution in [0.2, 0.25) is 0 Å². The first-order valence-electron chi connectivity index (χ1n) is 12.2. The van der Waals surface area contributed by atoms with E-state index in [2.05, 4.69) is 55.2 Å². The summed E-state index contributed by atoms with van der Waals surface area (Å²) < 4.78 is 6.75. The second-order valence-corrected chi connectivity index (χ2v) is 10.6. The Hall–Kier alpha value is -2.62. The van der Waals surface area contributed by atoms with Crippen LogP contribution in [0.4, 0.5) is 0 Å². The lowest BCUT2D eigenvalue weighted by Crippen LogP contribution is -2.43. The van der Waals surface area contributed by atoms with Gasteiger partial charge in [0.15, 0.2) is 5.78 Å². The van der Waals surface area contributed by atoms with Crippen LogP contribution in [0.3, 0.4) is 0 Å². The summed E-state index contributed by atoms with van der Waals surface area (Å²) >= 11 is 0. The van der Waals surface area contributed by atoms with Crippen LogP contribution in [-0.2, 0) is 16.0 Å². The van der Waals surface area contributed by atoms with Crippen LogP contribution >= 0.6 is 0 Å². The fourth-order valence-corrected chi connectivity index (χ4v) is 7.34. The Morgan fingerprint density at radius 1 is 1.09 bits per heavy atom. The van der Waals surface area contributed by atoms with Crippen molar-refractivity contribution in [3.05, 3.63) is 66.3 Å². The Morgan fingerprint density at radius 3 is 2.69 bits per heavy atom. The van der Waals surface area contributed by atoms with E-state index >= 15 is 0 Å². The zero-order valence-electron chi connectivity index (χ0n) is 18.6. The average Bonchev–Trinajstić information content (AvgIpc) is 3.31. The molecule has 2 saturated carbocycles. The smallest absolute Gasteiger partial charge is 0.255 e. The standard InChI is InChI=1S/C28H31NO3/c1-3-17-7-11-20-22-12-15(2)4-10-21(22)27-25(20)24(17)26(30)23-14-18(29-28(23)31)13-16-5-8-19(32-27)9-6-16/h3,5-9,11,14-15,17-18,20-22,24-25,27H,1,4,10,12-13H2,2H3,(H,29,31)/t15-,17+,18-,20+,21-,22+,24+,25+,27+/m1/s1. The van der Waals surface area contributed by atoms with Crippen molar-refractivity contribution in [2.24, 2.45) is 41.4 Å². The molecule has 7 rings (SSSR count). The predicted molar refractivity (Wildman–Crippen MR) is 123 cm³/mol. The van der Waals surface area contributed by atoms with Gasteiger partial charge in [0, 0.05) is 17.8 Å². The molecule has 3 aliphatic heterocycles. The van der Waals surface area contributed by atoms with Gasteiger partial charge in [-0.15, -0.1) is 6.58 Å². The summed E-state index contributed by atoms with van der Waals surface area (Å²) in [6, 6.07) is 8.15. The summed E-state index contributed by atoms with van der Waals surface area (Å²) in [6.45, 7) is 6.40. The maximum atomic E-state index is 14.0. The lowest BCUT2D eigenvalue weighted by atomic mass is 9.66. The number of carbonyl (C=O) groups is 2. The van der Waals surface area contributed by atoms with Gasteiger partial charge in [0.05, 0.1) is 11.6 Å². The molecule has 0 unspecified atom stereocenters. The summed E-state index contributed by atoms with van der Waals surface area (Å²) in [5.74, 6) is 2.27. The molecule has 9 atom stereocenters. The second-order valence-electron chi connectivity index (χ2n) is 10.6. The van der Waals surface area contributed by atoms with Gasteiger partial charge in [0.2, 0.25) is 0 Å². The molecule has 32 heavy (non-hydrogen) atoms. The molecule has 0 spiro atoms. The van der Waals surface area contributed by atoms with Crippen LogP contribution in [-0.4, -0.2) is 23.8 Å². The third-order valence-electron chi connectivity index (χ3n) is 8.76. The molecule has 1 aromatic rings. The van der Waals surface area contributed by atoms with Crippen molar-refractivity contribution in [2.45, 2.75) is 44.8 Å². The first kappa shape index (κ1) is 20.0. The van der Waals surface area contributed by atoms with E-state index in [0.29, 0.717) is 35.7 Å². The SMILES string of the molecule is C=C[C@H]1C=C[C@H]2[C@@H]3C[C@H](C)CC[C@H]3[C@@H]3Oc4ccc(cc4)C[C@@H]4C=C(C(=O)N4)C(=O)[C@@H]1[C@H]23. The van der Waals surface area contributed by atoms with Crippen LogP contribution in [0.15, 0.2) is 60.7 Å². The normalized spacial score (nSPS) is 41.9. The molecule has 0 aromatic heterocycles. The first-order chi connectivity index (χ1) is 15.5. The van der Waals surface area contributed by atoms with Gasteiger partial charge < -0.3 is 10.1 Å². The first-order valence-corrected chi connectivity index (χ1v) is 12.2. The minimum absolute atomic E-state index is 0.0219. The number of ketones is 1. The van der Waals surface area contributed by atoms with E-state index in [1.165, 1.54) is 12.8 Å². The van der Waals surface area contributed by atoms with E-state index in [4.69, 9.17) is 4.74 Å². The van der Waals surface area contributed by atoms with Crippen LogP contribution in [0, 0.1) is 41.4 Å². The van der Waals surface area contributed by atoms with Gasteiger partial charge in [-0.3, -0.25) is 9.59 Å². The van der Waals surface area contributed by atoms with Crippen LogP contribution < -0.4 is 10.1 Å². The third-order valence-corrected chi connectivity index (χ3v) is 8.76. The van der Waals surface area contributed by atoms with Gasteiger partial charge in [-0.2, -0.15) is 0 Å². The Balaban J connectivity index is 1.51. The molecule has 1 N–H and O–H groups in total. The highest BCUT2D eigenvalue weighted by atomic mass is 16.5. The number of carbonyl (C=O) groups excluding carboxylic acids is 2. The summed E-state index contributed by atoms with van der Waals surface area (Å²) in [6.07, 6.45) is 12.4. The minimum Gasteiger partial charge on any atom is -0.490 e. The molecule has 4 bridgehead atoms. The lowest BCUT2D eigenvalue weighted by molar-refractivity contribution is -0.127. The number of hydrogen-bond acceptors (Lipinski definition) is 3. The number of fused-ring (bicyclic) bond motifs is 4. The second kappa shape index (κ2) is 7.47. The molecule has 0 radical (unpaired) electrons.